The molecule has 1 heterocycles. The van der Waals surface area contributed by atoms with Gasteiger partial charge in [-0.3, -0.25) is 4.79 Å². The highest BCUT2D eigenvalue weighted by Crippen LogP contribution is 2.38. The van der Waals surface area contributed by atoms with Crippen LogP contribution in [0.5, 0.6) is 0 Å². The predicted octanol–water partition coefficient (Wildman–Crippen LogP) is 2.14. The number of amides is 1. The first kappa shape index (κ1) is 10.6. The van der Waals surface area contributed by atoms with Gasteiger partial charge in [0.1, 0.15) is 0 Å². The van der Waals surface area contributed by atoms with E-state index in [9.17, 15) is 4.79 Å². The van der Waals surface area contributed by atoms with E-state index in [0.717, 1.165) is 24.9 Å². The van der Waals surface area contributed by atoms with Gasteiger partial charge >= 0.3 is 0 Å². The normalized spacial score (nSPS) is 27.2. The third-order valence-corrected chi connectivity index (χ3v) is 4.20. The fourth-order valence-corrected chi connectivity index (χ4v) is 3.26. The van der Waals surface area contributed by atoms with Crippen LogP contribution in [0.4, 0.5) is 5.69 Å². The van der Waals surface area contributed by atoms with Crippen LogP contribution in [0.15, 0.2) is 24.3 Å². The minimum absolute atomic E-state index is 0.109. The maximum Gasteiger partial charge on any atom is 0.255 e. The number of rotatable bonds is 1. The lowest BCUT2D eigenvalue weighted by Crippen LogP contribution is -2.30. The van der Waals surface area contributed by atoms with Crippen molar-refractivity contribution >= 4 is 11.6 Å². The van der Waals surface area contributed by atoms with Crippen LogP contribution in [0.1, 0.15) is 29.6 Å². The van der Waals surface area contributed by atoms with Crippen molar-refractivity contribution in [2.45, 2.75) is 19.3 Å². The van der Waals surface area contributed by atoms with Gasteiger partial charge in [-0.1, -0.05) is 18.6 Å². The summed E-state index contributed by atoms with van der Waals surface area (Å²) in [6.45, 7) is 1.86. The summed E-state index contributed by atoms with van der Waals surface area (Å²) in [5.74, 6) is 1.59. The van der Waals surface area contributed by atoms with E-state index in [-0.39, 0.29) is 5.91 Å². The Morgan fingerprint density at radius 1 is 1.18 bits per heavy atom. The van der Waals surface area contributed by atoms with E-state index >= 15 is 0 Å². The molecule has 2 aliphatic rings. The zero-order valence-corrected chi connectivity index (χ0v) is 9.93. The van der Waals surface area contributed by atoms with Crippen LogP contribution in [0.2, 0.25) is 0 Å². The van der Waals surface area contributed by atoms with Gasteiger partial charge < -0.3 is 10.6 Å². The largest absolute Gasteiger partial charge is 0.398 e. The van der Waals surface area contributed by atoms with E-state index in [0.29, 0.717) is 11.3 Å². The van der Waals surface area contributed by atoms with Crippen LogP contribution < -0.4 is 5.73 Å². The molecule has 0 spiro atoms. The first-order chi connectivity index (χ1) is 8.25. The van der Waals surface area contributed by atoms with Gasteiger partial charge in [-0.05, 0) is 36.8 Å². The molecule has 3 nitrogen and oxygen atoms in total. The molecule has 3 heteroatoms. The van der Waals surface area contributed by atoms with Crippen LogP contribution in [-0.2, 0) is 0 Å². The standard InChI is InChI=1S/C14H18N2O/c15-13-7-2-1-6-12(13)14(17)16-8-10-4-3-5-11(10)9-16/h1-2,6-7,10-11H,3-5,8-9,15H2. The van der Waals surface area contributed by atoms with E-state index in [2.05, 4.69) is 0 Å². The van der Waals surface area contributed by atoms with Gasteiger partial charge in [0.15, 0.2) is 0 Å². The quantitative estimate of drug-likeness (QED) is 0.751. The average Bonchev–Trinajstić information content (AvgIpc) is 2.88. The first-order valence-electron chi connectivity index (χ1n) is 6.39. The Kier molecular flexibility index (Phi) is 2.54. The number of hydrogen-bond acceptors (Lipinski definition) is 2. The second-order valence-corrected chi connectivity index (χ2v) is 5.25. The van der Waals surface area contributed by atoms with Gasteiger partial charge in [-0.25, -0.2) is 0 Å². The van der Waals surface area contributed by atoms with Crippen LogP contribution >= 0.6 is 0 Å². The molecular weight excluding hydrogens is 212 g/mol. The number of fused-ring (bicyclic) bond motifs is 1. The second-order valence-electron chi connectivity index (χ2n) is 5.25. The first-order valence-corrected chi connectivity index (χ1v) is 6.39. The molecule has 2 atom stereocenters. The van der Waals surface area contributed by atoms with Crippen LogP contribution in [0, 0.1) is 11.8 Å². The molecule has 1 aromatic carbocycles. The van der Waals surface area contributed by atoms with Gasteiger partial charge in [-0.2, -0.15) is 0 Å². The molecule has 1 saturated heterocycles. The van der Waals surface area contributed by atoms with Crippen molar-refractivity contribution < 1.29 is 4.79 Å². The molecule has 0 radical (unpaired) electrons. The molecule has 1 saturated carbocycles. The highest BCUT2D eigenvalue weighted by molar-refractivity contribution is 5.99. The molecular formula is C14H18N2O. The summed E-state index contributed by atoms with van der Waals surface area (Å²) in [4.78, 5) is 14.3. The van der Waals surface area contributed by atoms with Gasteiger partial charge in [0.25, 0.3) is 5.91 Å². The fourth-order valence-electron chi connectivity index (χ4n) is 3.26. The van der Waals surface area contributed by atoms with Crippen molar-refractivity contribution in [3.8, 4) is 0 Å². The van der Waals surface area contributed by atoms with Crippen molar-refractivity contribution in [1.29, 1.82) is 0 Å². The highest BCUT2D eigenvalue weighted by Gasteiger charge is 2.38. The third kappa shape index (κ3) is 1.79. The zero-order chi connectivity index (χ0) is 11.8. The number of hydrogen-bond donors (Lipinski definition) is 1. The summed E-state index contributed by atoms with van der Waals surface area (Å²) in [5, 5.41) is 0. The molecule has 3 rings (SSSR count). The summed E-state index contributed by atoms with van der Waals surface area (Å²) >= 11 is 0. The summed E-state index contributed by atoms with van der Waals surface area (Å²) < 4.78 is 0. The zero-order valence-electron chi connectivity index (χ0n) is 9.93. The number of nitrogens with two attached hydrogens (primary N) is 1. The number of anilines is 1. The van der Waals surface area contributed by atoms with Crippen LogP contribution in [0.3, 0.4) is 0 Å². The number of benzene rings is 1. The molecule has 2 fully saturated rings. The highest BCUT2D eigenvalue weighted by atomic mass is 16.2. The third-order valence-electron chi connectivity index (χ3n) is 4.20. The molecule has 0 aromatic heterocycles. The minimum atomic E-state index is 0.109. The minimum Gasteiger partial charge on any atom is -0.398 e. The number of carbonyl (C=O) groups excluding carboxylic acids is 1. The monoisotopic (exact) mass is 230 g/mol. The van der Waals surface area contributed by atoms with E-state index in [1.54, 1.807) is 6.07 Å². The maximum absolute atomic E-state index is 12.3. The van der Waals surface area contributed by atoms with Crippen molar-refractivity contribution in [2.75, 3.05) is 18.8 Å². The van der Waals surface area contributed by atoms with Crippen LogP contribution in [0.25, 0.3) is 0 Å². The molecule has 1 aliphatic carbocycles. The molecule has 17 heavy (non-hydrogen) atoms. The van der Waals surface area contributed by atoms with Gasteiger partial charge in [0, 0.05) is 18.8 Å². The van der Waals surface area contributed by atoms with Crippen molar-refractivity contribution in [3.05, 3.63) is 29.8 Å². The SMILES string of the molecule is Nc1ccccc1C(=O)N1CC2CCCC2C1. The van der Waals surface area contributed by atoms with Gasteiger partial charge in [0.2, 0.25) is 0 Å². The van der Waals surface area contributed by atoms with Crippen molar-refractivity contribution in [2.24, 2.45) is 11.8 Å². The van der Waals surface area contributed by atoms with Gasteiger partial charge in [0.05, 0.1) is 5.56 Å². The Morgan fingerprint density at radius 2 is 1.82 bits per heavy atom. The van der Waals surface area contributed by atoms with Crippen molar-refractivity contribution in [1.82, 2.24) is 4.90 Å². The van der Waals surface area contributed by atoms with Crippen molar-refractivity contribution in [3.63, 3.8) is 0 Å². The summed E-state index contributed by atoms with van der Waals surface area (Å²) in [7, 11) is 0. The maximum atomic E-state index is 12.3. The molecule has 1 aromatic rings. The lowest BCUT2D eigenvalue weighted by Gasteiger charge is -2.18. The number of nitrogens with zero attached hydrogens (tertiary/aromatic N) is 1. The molecule has 1 amide bonds. The Labute approximate surface area is 102 Å². The molecule has 90 valence electrons. The summed E-state index contributed by atoms with van der Waals surface area (Å²) in [6.07, 6.45) is 3.92. The molecule has 1 aliphatic heterocycles. The van der Waals surface area contributed by atoms with E-state index in [1.165, 1.54) is 19.3 Å². The van der Waals surface area contributed by atoms with Crippen LogP contribution in [-0.4, -0.2) is 23.9 Å². The van der Waals surface area contributed by atoms with E-state index in [4.69, 9.17) is 5.73 Å². The van der Waals surface area contributed by atoms with Gasteiger partial charge in [-0.15, -0.1) is 0 Å². The lowest BCUT2D eigenvalue weighted by atomic mass is 10.0. The smallest absolute Gasteiger partial charge is 0.255 e. The number of para-hydroxylation sites is 1. The number of carbonyl (C=O) groups is 1. The Balaban J connectivity index is 1.78. The topological polar surface area (TPSA) is 46.3 Å². The number of likely N-dealkylation sites (tertiary alicyclic amines) is 1. The summed E-state index contributed by atoms with van der Waals surface area (Å²) in [6, 6.07) is 7.36. The lowest BCUT2D eigenvalue weighted by molar-refractivity contribution is 0.0781. The molecule has 2 N–H and O–H groups in total. The summed E-state index contributed by atoms with van der Waals surface area (Å²) in [5.41, 5.74) is 7.11. The van der Waals surface area contributed by atoms with E-state index in [1.807, 2.05) is 23.1 Å². The fraction of sp³-hybridized carbons (Fsp3) is 0.500. The molecule has 2 unspecified atom stereocenters. The average molecular weight is 230 g/mol. The second kappa shape index (κ2) is 4.06. The predicted molar refractivity (Wildman–Crippen MR) is 67.6 cm³/mol. The Bertz CT molecular complexity index is 432. The molecule has 0 bridgehead atoms. The Hall–Kier alpha value is -1.51. The number of nitrogen functional groups attached to an aromatic ring is 1. The Morgan fingerprint density at radius 3 is 2.47 bits per heavy atom. The van der Waals surface area contributed by atoms with E-state index < -0.39 is 0 Å².